The maximum absolute atomic E-state index is 12.3. The van der Waals surface area contributed by atoms with Gasteiger partial charge in [0, 0.05) is 6.20 Å². The van der Waals surface area contributed by atoms with Gasteiger partial charge in [0.2, 0.25) is 0 Å². The average Bonchev–Trinajstić information content (AvgIpc) is 2.08. The largest absolute Gasteiger partial charge is 0.451 e. The number of aromatic nitrogens is 1. The Balaban J connectivity index is 2.69. The summed E-state index contributed by atoms with van der Waals surface area (Å²) in [5, 5.41) is 0. The van der Waals surface area contributed by atoms with E-state index >= 15 is 0 Å². The summed E-state index contributed by atoms with van der Waals surface area (Å²) in [6.45, 7) is 0. The molecule has 72 valence electrons. The molecule has 2 N–H and O–H groups in total. The van der Waals surface area contributed by atoms with E-state index in [4.69, 9.17) is 5.73 Å². The number of hydrogen-bond acceptors (Lipinski definition) is 3. The van der Waals surface area contributed by atoms with Gasteiger partial charge in [0.1, 0.15) is 0 Å². The van der Waals surface area contributed by atoms with Crippen LogP contribution >= 0.6 is 0 Å². The Kier molecular flexibility index (Phi) is 2.94. The van der Waals surface area contributed by atoms with E-state index in [0.717, 1.165) is 0 Å². The Morgan fingerprint density at radius 3 is 2.62 bits per heavy atom. The molecule has 1 atom stereocenters. The number of ether oxygens (including phenoxy) is 1. The van der Waals surface area contributed by atoms with Gasteiger partial charge in [-0.2, -0.15) is 4.39 Å². The lowest BCUT2D eigenvalue weighted by atomic mass is 10.4. The Labute approximate surface area is 72.3 Å². The van der Waals surface area contributed by atoms with Crippen molar-refractivity contribution in [1.29, 1.82) is 0 Å². The Hall–Kier alpha value is -1.46. The van der Waals surface area contributed by atoms with E-state index in [1.54, 1.807) is 0 Å². The van der Waals surface area contributed by atoms with Crippen LogP contribution in [0.1, 0.15) is 0 Å². The van der Waals surface area contributed by atoms with Gasteiger partial charge in [0.15, 0.2) is 11.6 Å². The molecule has 6 heteroatoms. The molecule has 0 aromatic carbocycles. The third kappa shape index (κ3) is 2.50. The van der Waals surface area contributed by atoms with Gasteiger partial charge in [-0.1, -0.05) is 0 Å². The summed E-state index contributed by atoms with van der Waals surface area (Å²) >= 11 is 0. The molecule has 1 heterocycles. The van der Waals surface area contributed by atoms with Crippen LogP contribution in [0.5, 0.6) is 5.75 Å². The van der Waals surface area contributed by atoms with Crippen molar-refractivity contribution in [2.75, 3.05) is 5.73 Å². The van der Waals surface area contributed by atoms with Gasteiger partial charge in [0.25, 0.3) is 6.36 Å². The molecule has 0 spiro atoms. The molecule has 1 unspecified atom stereocenters. The van der Waals surface area contributed by atoms with Crippen LogP contribution in [0.15, 0.2) is 18.3 Å². The Bertz CT molecular complexity index is 282. The lowest BCUT2D eigenvalue weighted by Gasteiger charge is -2.10. The minimum absolute atomic E-state index is 0.120. The highest BCUT2D eigenvalue weighted by atomic mass is 19.3. The topological polar surface area (TPSA) is 48.1 Å². The van der Waals surface area contributed by atoms with Crippen molar-refractivity contribution in [2.45, 2.75) is 12.8 Å². The van der Waals surface area contributed by atoms with Crippen molar-refractivity contribution in [2.24, 2.45) is 0 Å². The van der Waals surface area contributed by atoms with Crippen LogP contribution in [0.4, 0.5) is 19.0 Å². The summed E-state index contributed by atoms with van der Waals surface area (Å²) in [5.74, 6) is -0.305. The molecule has 1 rings (SSSR count). The molecule has 0 amide bonds. The van der Waals surface area contributed by atoms with E-state index in [1.165, 1.54) is 18.3 Å². The monoisotopic (exact) mass is 192 g/mol. The van der Waals surface area contributed by atoms with Crippen molar-refractivity contribution in [3.63, 3.8) is 0 Å². The van der Waals surface area contributed by atoms with Crippen LogP contribution in [-0.2, 0) is 0 Å². The second-order valence-corrected chi connectivity index (χ2v) is 2.19. The first-order valence-electron chi connectivity index (χ1n) is 3.40. The number of hydrogen-bond donors (Lipinski definition) is 1. The molecular weight excluding hydrogens is 185 g/mol. The zero-order valence-corrected chi connectivity index (χ0v) is 6.45. The fraction of sp³-hybridized carbons (Fsp3) is 0.286. The molecule has 13 heavy (non-hydrogen) atoms. The third-order valence-electron chi connectivity index (χ3n) is 1.24. The fourth-order valence-electron chi connectivity index (χ4n) is 0.675. The number of alkyl halides is 3. The maximum Gasteiger partial charge on any atom is 0.304 e. The van der Waals surface area contributed by atoms with E-state index < -0.39 is 12.8 Å². The zero-order valence-electron chi connectivity index (χ0n) is 6.45. The van der Waals surface area contributed by atoms with Gasteiger partial charge in [-0.25, -0.2) is 13.8 Å². The van der Waals surface area contributed by atoms with Gasteiger partial charge >= 0.3 is 6.43 Å². The zero-order chi connectivity index (χ0) is 9.84. The Morgan fingerprint density at radius 1 is 1.38 bits per heavy atom. The molecular formula is C7H7F3N2O. The van der Waals surface area contributed by atoms with Gasteiger partial charge in [-0.05, 0) is 12.1 Å². The molecule has 0 bridgehead atoms. The number of rotatable bonds is 3. The molecule has 3 nitrogen and oxygen atoms in total. The fourth-order valence-corrected chi connectivity index (χ4v) is 0.675. The lowest BCUT2D eigenvalue weighted by Crippen LogP contribution is -2.20. The summed E-state index contributed by atoms with van der Waals surface area (Å²) in [6.07, 6.45) is -4.52. The number of anilines is 1. The number of halogens is 3. The second-order valence-electron chi connectivity index (χ2n) is 2.19. The molecule has 0 aliphatic heterocycles. The molecule has 0 saturated heterocycles. The van der Waals surface area contributed by atoms with Crippen molar-refractivity contribution < 1.29 is 17.9 Å². The van der Waals surface area contributed by atoms with Gasteiger partial charge in [0.05, 0.1) is 0 Å². The van der Waals surface area contributed by atoms with Crippen LogP contribution in [-0.4, -0.2) is 17.8 Å². The average molecular weight is 192 g/mol. The second kappa shape index (κ2) is 3.97. The SMILES string of the molecule is Nc1ncccc1OC(F)C(F)F. The highest BCUT2D eigenvalue weighted by molar-refractivity contribution is 5.44. The summed E-state index contributed by atoms with van der Waals surface area (Å²) in [4.78, 5) is 3.53. The standard InChI is InChI=1S/C7H7F3N2O/c8-5(9)6(10)13-4-2-1-3-12-7(4)11/h1-3,5-6H,(H2,11,12). The first kappa shape index (κ1) is 9.63. The summed E-state index contributed by atoms with van der Waals surface area (Å²) in [7, 11) is 0. The van der Waals surface area contributed by atoms with Crippen LogP contribution in [0.25, 0.3) is 0 Å². The summed E-state index contributed by atoms with van der Waals surface area (Å²) in [6, 6.07) is 2.67. The predicted octanol–water partition coefficient (Wildman–Crippen LogP) is 1.60. The van der Waals surface area contributed by atoms with Crippen LogP contribution in [0.3, 0.4) is 0 Å². The maximum atomic E-state index is 12.3. The van der Waals surface area contributed by atoms with E-state index in [9.17, 15) is 13.2 Å². The molecule has 1 aromatic rings. The van der Waals surface area contributed by atoms with Crippen LogP contribution in [0, 0.1) is 0 Å². The van der Waals surface area contributed by atoms with Crippen molar-refractivity contribution in [3.05, 3.63) is 18.3 Å². The van der Waals surface area contributed by atoms with Crippen molar-refractivity contribution in [3.8, 4) is 5.75 Å². The van der Waals surface area contributed by atoms with Crippen molar-refractivity contribution >= 4 is 5.82 Å². The molecule has 0 saturated carbocycles. The molecule has 0 aliphatic carbocycles. The number of pyridine rings is 1. The third-order valence-corrected chi connectivity index (χ3v) is 1.24. The van der Waals surface area contributed by atoms with E-state index in [2.05, 4.69) is 9.72 Å². The summed E-state index contributed by atoms with van der Waals surface area (Å²) < 4.78 is 39.9. The Morgan fingerprint density at radius 2 is 2.08 bits per heavy atom. The highest BCUT2D eigenvalue weighted by Crippen LogP contribution is 2.20. The van der Waals surface area contributed by atoms with Crippen LogP contribution < -0.4 is 10.5 Å². The minimum Gasteiger partial charge on any atom is -0.451 e. The van der Waals surface area contributed by atoms with Gasteiger partial charge in [-0.15, -0.1) is 0 Å². The molecule has 0 fully saturated rings. The van der Waals surface area contributed by atoms with Crippen LogP contribution in [0.2, 0.25) is 0 Å². The molecule has 0 radical (unpaired) electrons. The molecule has 1 aromatic heterocycles. The normalized spacial score (nSPS) is 12.9. The first-order chi connectivity index (χ1) is 6.11. The summed E-state index contributed by atoms with van der Waals surface area (Å²) in [5.41, 5.74) is 5.22. The van der Waals surface area contributed by atoms with E-state index in [0.29, 0.717) is 0 Å². The van der Waals surface area contributed by atoms with Gasteiger partial charge in [-0.3, -0.25) is 0 Å². The first-order valence-corrected chi connectivity index (χ1v) is 3.40. The highest BCUT2D eigenvalue weighted by Gasteiger charge is 2.21. The molecule has 0 aliphatic rings. The van der Waals surface area contributed by atoms with Crippen molar-refractivity contribution in [1.82, 2.24) is 4.98 Å². The lowest BCUT2D eigenvalue weighted by molar-refractivity contribution is -0.0666. The quantitative estimate of drug-likeness (QED) is 0.791. The van der Waals surface area contributed by atoms with E-state index in [-0.39, 0.29) is 11.6 Å². The van der Waals surface area contributed by atoms with E-state index in [1.807, 2.05) is 0 Å². The minimum atomic E-state index is -3.19. The number of nitrogens with zero attached hydrogens (tertiary/aromatic N) is 1. The number of nitrogens with two attached hydrogens (primary N) is 1. The predicted molar refractivity (Wildman–Crippen MR) is 40.2 cm³/mol. The smallest absolute Gasteiger partial charge is 0.304 e. The van der Waals surface area contributed by atoms with Gasteiger partial charge < -0.3 is 10.5 Å². The number of nitrogen functional groups attached to an aromatic ring is 1.